The second-order valence-electron chi connectivity index (χ2n) is 12.1. The molecule has 0 saturated heterocycles. The van der Waals surface area contributed by atoms with Crippen molar-refractivity contribution in [1.82, 2.24) is 0 Å². The average molecular weight is 766 g/mol. The lowest BCUT2D eigenvalue weighted by Crippen LogP contribution is -1.99. The van der Waals surface area contributed by atoms with Crippen LogP contribution in [0, 0.1) is 20.8 Å². The van der Waals surface area contributed by atoms with E-state index < -0.39 is 36.6 Å². The number of phenolic OH excluding ortho intramolecular Hbond substituents is 2. The number of nitrogens with one attached hydrogen (secondary N) is 1. The zero-order valence-electron chi connectivity index (χ0n) is 28.7. The Morgan fingerprint density at radius 2 is 1.09 bits per heavy atom. The van der Waals surface area contributed by atoms with Gasteiger partial charge < -0.3 is 15.5 Å². The Morgan fingerprint density at radius 3 is 1.69 bits per heavy atom. The molecule has 0 radical (unpaired) electrons. The van der Waals surface area contributed by atoms with Gasteiger partial charge in [0.05, 0.1) is 27.6 Å². The van der Waals surface area contributed by atoms with Crippen LogP contribution in [0.5, 0.6) is 11.5 Å². The molecule has 0 aliphatic carbocycles. The van der Waals surface area contributed by atoms with Gasteiger partial charge in [0.25, 0.3) is 20.2 Å². The highest BCUT2D eigenvalue weighted by atomic mass is 32.2. The molecule has 6 rings (SSSR count). The number of anilines is 2. The molecular formula is C37H31N7O8S2. The van der Waals surface area contributed by atoms with Gasteiger partial charge in [0.1, 0.15) is 22.0 Å². The van der Waals surface area contributed by atoms with Crippen LogP contribution < -0.4 is 5.32 Å². The predicted octanol–water partition coefficient (Wildman–Crippen LogP) is 10.7. The highest BCUT2D eigenvalue weighted by Crippen LogP contribution is 2.43. The predicted molar refractivity (Wildman–Crippen MR) is 203 cm³/mol. The molecule has 274 valence electrons. The fraction of sp³-hybridized carbons (Fsp3) is 0.0811. The Bertz CT molecular complexity index is 2740. The molecule has 0 unspecified atom stereocenters. The maximum absolute atomic E-state index is 12.4. The third-order valence-electron chi connectivity index (χ3n) is 8.13. The van der Waals surface area contributed by atoms with Crippen LogP contribution in [0.15, 0.2) is 144 Å². The van der Waals surface area contributed by atoms with Gasteiger partial charge in [-0.1, -0.05) is 18.2 Å². The second kappa shape index (κ2) is 14.9. The quantitative estimate of drug-likeness (QED) is 0.0657. The lowest BCUT2D eigenvalue weighted by Gasteiger charge is -2.11. The third kappa shape index (κ3) is 8.45. The number of nitrogens with zero attached hydrogens (tertiary/aromatic N) is 6. The first-order valence-electron chi connectivity index (χ1n) is 15.9. The Kier molecular flexibility index (Phi) is 10.3. The van der Waals surface area contributed by atoms with Crippen LogP contribution in [0.2, 0.25) is 0 Å². The van der Waals surface area contributed by atoms with Crippen molar-refractivity contribution in [3.8, 4) is 11.5 Å². The fourth-order valence-corrected chi connectivity index (χ4v) is 6.42. The zero-order valence-corrected chi connectivity index (χ0v) is 30.4. The summed E-state index contributed by atoms with van der Waals surface area (Å²) in [5.41, 5.74) is 4.49. The summed E-state index contributed by atoms with van der Waals surface area (Å²) in [4.78, 5) is -0.935. The number of hydrogen-bond donors (Lipinski definition) is 5. The zero-order chi connectivity index (χ0) is 38.8. The van der Waals surface area contributed by atoms with Crippen LogP contribution in [0.25, 0.3) is 10.8 Å². The van der Waals surface area contributed by atoms with Crippen molar-refractivity contribution < 1.29 is 36.2 Å². The van der Waals surface area contributed by atoms with Gasteiger partial charge in [0, 0.05) is 22.8 Å². The summed E-state index contributed by atoms with van der Waals surface area (Å²) >= 11 is 0. The Balaban J connectivity index is 1.23. The highest BCUT2D eigenvalue weighted by Gasteiger charge is 2.22. The lowest BCUT2D eigenvalue weighted by atomic mass is 10.1. The van der Waals surface area contributed by atoms with Gasteiger partial charge >= 0.3 is 0 Å². The fourth-order valence-electron chi connectivity index (χ4n) is 5.28. The van der Waals surface area contributed by atoms with E-state index in [1.165, 1.54) is 42.5 Å². The molecule has 17 heteroatoms. The molecule has 0 aliphatic heterocycles. The number of phenols is 2. The normalized spacial score (nSPS) is 12.4. The van der Waals surface area contributed by atoms with Crippen molar-refractivity contribution in [2.75, 3.05) is 5.32 Å². The molecule has 0 amide bonds. The molecule has 0 bridgehead atoms. The summed E-state index contributed by atoms with van der Waals surface area (Å²) < 4.78 is 66.5. The molecule has 6 aromatic carbocycles. The van der Waals surface area contributed by atoms with Gasteiger partial charge in [-0.15, -0.1) is 10.2 Å². The van der Waals surface area contributed by atoms with Crippen LogP contribution in [0.3, 0.4) is 0 Å². The SMILES string of the molecule is Cc1cc(N=Nc2cc(O)c(N=Nc3c(S(=O)(=O)O)cc4cc(Nc5ccccc5)ccc4c3O)cc2C)c(C)cc1N=Nc1ccc(S(=O)(=O)O)cc1. The number of azo groups is 3. The van der Waals surface area contributed by atoms with Crippen molar-refractivity contribution >= 4 is 76.5 Å². The summed E-state index contributed by atoms with van der Waals surface area (Å²) in [5.74, 6) is -0.902. The number of aromatic hydroxyl groups is 2. The van der Waals surface area contributed by atoms with E-state index in [1.807, 2.05) is 30.3 Å². The van der Waals surface area contributed by atoms with Gasteiger partial charge in [-0.05, 0) is 122 Å². The Labute approximate surface area is 309 Å². The van der Waals surface area contributed by atoms with E-state index in [0.717, 1.165) is 5.69 Å². The summed E-state index contributed by atoms with van der Waals surface area (Å²) in [7, 11) is -9.20. The van der Waals surface area contributed by atoms with Gasteiger partial charge in [-0.3, -0.25) is 9.11 Å². The molecular weight excluding hydrogens is 735 g/mol. The summed E-state index contributed by atoms with van der Waals surface area (Å²) in [6, 6.07) is 26.8. The van der Waals surface area contributed by atoms with Gasteiger partial charge in [-0.2, -0.15) is 37.3 Å². The maximum atomic E-state index is 12.4. The molecule has 5 N–H and O–H groups in total. The first-order chi connectivity index (χ1) is 25.6. The molecule has 0 aliphatic rings. The molecule has 0 saturated carbocycles. The third-order valence-corrected chi connectivity index (χ3v) is 9.86. The lowest BCUT2D eigenvalue weighted by molar-refractivity contribution is 0.471. The molecule has 0 atom stereocenters. The largest absolute Gasteiger partial charge is 0.506 e. The highest BCUT2D eigenvalue weighted by molar-refractivity contribution is 7.86. The molecule has 0 heterocycles. The van der Waals surface area contributed by atoms with Crippen molar-refractivity contribution in [2.24, 2.45) is 30.7 Å². The average Bonchev–Trinajstić information content (AvgIpc) is 3.12. The van der Waals surface area contributed by atoms with Crippen LogP contribution in [-0.2, 0) is 20.2 Å². The molecule has 0 spiro atoms. The van der Waals surface area contributed by atoms with E-state index in [9.17, 15) is 31.6 Å². The van der Waals surface area contributed by atoms with Gasteiger partial charge in [0.2, 0.25) is 0 Å². The number of para-hydroxylation sites is 1. The Morgan fingerprint density at radius 1 is 0.537 bits per heavy atom. The summed E-state index contributed by atoms with van der Waals surface area (Å²) in [6.07, 6.45) is 0. The summed E-state index contributed by atoms with van der Waals surface area (Å²) in [5, 5.41) is 50.6. The summed E-state index contributed by atoms with van der Waals surface area (Å²) in [6.45, 7) is 5.28. The van der Waals surface area contributed by atoms with Crippen LogP contribution >= 0.6 is 0 Å². The minimum Gasteiger partial charge on any atom is -0.506 e. The number of benzene rings is 6. The van der Waals surface area contributed by atoms with Crippen molar-refractivity contribution in [3.63, 3.8) is 0 Å². The molecule has 6 aromatic rings. The van der Waals surface area contributed by atoms with E-state index in [2.05, 4.69) is 36.0 Å². The van der Waals surface area contributed by atoms with E-state index >= 15 is 0 Å². The van der Waals surface area contributed by atoms with E-state index in [-0.39, 0.29) is 21.7 Å². The topological polar surface area (TPSA) is 235 Å². The minimum atomic E-state index is -4.87. The Hall–Kier alpha value is -6.40. The maximum Gasteiger partial charge on any atom is 0.296 e. The van der Waals surface area contributed by atoms with E-state index in [4.69, 9.17) is 4.55 Å². The number of rotatable bonds is 10. The molecule has 0 aromatic heterocycles. The van der Waals surface area contributed by atoms with Gasteiger partial charge in [-0.25, -0.2) is 0 Å². The van der Waals surface area contributed by atoms with Crippen LogP contribution in [0.1, 0.15) is 16.7 Å². The second-order valence-corrected chi connectivity index (χ2v) is 14.9. The van der Waals surface area contributed by atoms with Gasteiger partial charge in [0.15, 0.2) is 5.75 Å². The smallest absolute Gasteiger partial charge is 0.296 e. The first-order valence-corrected chi connectivity index (χ1v) is 18.8. The van der Waals surface area contributed by atoms with E-state index in [1.54, 1.807) is 51.1 Å². The van der Waals surface area contributed by atoms with Crippen molar-refractivity contribution in [2.45, 2.75) is 30.6 Å². The van der Waals surface area contributed by atoms with Crippen molar-refractivity contribution in [3.05, 3.63) is 120 Å². The monoisotopic (exact) mass is 765 g/mol. The van der Waals surface area contributed by atoms with E-state index in [0.29, 0.717) is 50.5 Å². The number of hydrogen-bond acceptors (Lipinski definition) is 13. The molecule has 54 heavy (non-hydrogen) atoms. The minimum absolute atomic E-state index is 0.0657. The molecule has 0 fully saturated rings. The molecule has 15 nitrogen and oxygen atoms in total. The first kappa shape index (κ1) is 37.4. The number of fused-ring (bicyclic) bond motifs is 1. The van der Waals surface area contributed by atoms with Crippen molar-refractivity contribution in [1.29, 1.82) is 0 Å². The number of aryl methyl sites for hydroxylation is 3. The standard InChI is InChI=1S/C37H31N7O8S2/c1-21-16-31(22(2)15-30(21)40-39-26-9-12-28(13-10-26)53(47,48)49)41-42-32-20-34(45)33(17-23(32)3)43-44-36-35(54(50,51)52)19-24-18-27(11-14-29(24)37(36)46)38-25-7-5-4-6-8-25/h4-20,38,45-46H,1-3H3,(H,47,48,49)(H,50,51,52). The van der Waals surface area contributed by atoms with Crippen LogP contribution in [0.4, 0.5) is 45.5 Å². The van der Waals surface area contributed by atoms with Crippen LogP contribution in [-0.4, -0.2) is 36.2 Å².